The number of halogens is 2. The van der Waals surface area contributed by atoms with E-state index >= 15 is 0 Å². The van der Waals surface area contributed by atoms with Crippen LogP contribution in [-0.2, 0) is 4.79 Å². The van der Waals surface area contributed by atoms with Gasteiger partial charge in [0.2, 0.25) is 0 Å². The van der Waals surface area contributed by atoms with Crippen LogP contribution in [0.2, 0.25) is 5.02 Å². The van der Waals surface area contributed by atoms with Gasteiger partial charge in [-0.15, -0.1) is 0 Å². The fourth-order valence-electron chi connectivity index (χ4n) is 3.28. The lowest BCUT2D eigenvalue weighted by Gasteiger charge is -2.22. The average Bonchev–Trinajstić information content (AvgIpc) is 2.61. The number of hydrogen-bond acceptors (Lipinski definition) is 2. The van der Waals surface area contributed by atoms with E-state index in [1.165, 1.54) is 0 Å². The summed E-state index contributed by atoms with van der Waals surface area (Å²) >= 11 is 9.62. The number of ketones is 1. The fraction of sp³-hybridized carbons (Fsp3) is 0.227. The highest BCUT2D eigenvalue weighted by molar-refractivity contribution is 9.10. The van der Waals surface area contributed by atoms with Crippen molar-refractivity contribution in [2.24, 2.45) is 0 Å². The second kappa shape index (κ2) is 8.24. The molecule has 0 aromatic heterocycles. The number of carbonyl (C=O) groups excluding carboxylic acids is 1. The Morgan fingerprint density at radius 2 is 1.96 bits per heavy atom. The predicted octanol–water partition coefficient (Wildman–Crippen LogP) is 5.89. The first kappa shape index (κ1) is 18.9. The molecule has 0 saturated heterocycles. The molecule has 0 amide bonds. The van der Waals surface area contributed by atoms with E-state index in [1.807, 2.05) is 67.6 Å². The van der Waals surface area contributed by atoms with Gasteiger partial charge in [0.25, 0.3) is 0 Å². The Bertz CT molecular complexity index is 870. The molecule has 134 valence electrons. The van der Waals surface area contributed by atoms with Crippen LogP contribution in [0, 0.1) is 6.92 Å². The van der Waals surface area contributed by atoms with Gasteiger partial charge in [-0.25, -0.2) is 0 Å². The van der Waals surface area contributed by atoms with E-state index in [0.717, 1.165) is 33.3 Å². The lowest BCUT2D eigenvalue weighted by molar-refractivity contribution is -0.115. The topological polar surface area (TPSA) is 20.3 Å². The van der Waals surface area contributed by atoms with Crippen molar-refractivity contribution in [3.63, 3.8) is 0 Å². The summed E-state index contributed by atoms with van der Waals surface area (Å²) in [6.45, 7) is 2.88. The number of aryl methyl sites for hydroxylation is 1. The second-order valence-corrected chi connectivity index (χ2v) is 8.01. The summed E-state index contributed by atoms with van der Waals surface area (Å²) in [6, 6.07) is 14.1. The van der Waals surface area contributed by atoms with Crippen molar-refractivity contribution < 1.29 is 4.79 Å². The molecular weight excluding hydrogens is 410 g/mol. The molecule has 2 aromatic carbocycles. The molecule has 4 heteroatoms. The van der Waals surface area contributed by atoms with E-state index in [1.54, 1.807) is 0 Å². The molecule has 1 unspecified atom stereocenters. The molecule has 0 aliphatic carbocycles. The molecule has 1 aliphatic rings. The maximum absolute atomic E-state index is 13.0. The van der Waals surface area contributed by atoms with Crippen LogP contribution in [-0.4, -0.2) is 24.3 Å². The van der Waals surface area contributed by atoms with Gasteiger partial charge >= 0.3 is 0 Å². The van der Waals surface area contributed by atoms with Crippen LogP contribution < -0.4 is 0 Å². The van der Waals surface area contributed by atoms with E-state index < -0.39 is 0 Å². The zero-order chi connectivity index (χ0) is 18.7. The Hall–Kier alpha value is -1.84. The summed E-state index contributed by atoms with van der Waals surface area (Å²) in [4.78, 5) is 15.0. The van der Waals surface area contributed by atoms with Crippen LogP contribution in [0.3, 0.4) is 0 Å². The maximum Gasteiger partial charge on any atom is 0.165 e. The van der Waals surface area contributed by atoms with Crippen molar-refractivity contribution in [2.75, 3.05) is 13.6 Å². The quantitative estimate of drug-likeness (QED) is 0.589. The Morgan fingerprint density at radius 3 is 2.62 bits per heavy atom. The van der Waals surface area contributed by atoms with Crippen LogP contribution in [0.1, 0.15) is 29.0 Å². The molecule has 0 saturated carbocycles. The van der Waals surface area contributed by atoms with Crippen LogP contribution in [0.25, 0.3) is 0 Å². The Kier molecular flexibility index (Phi) is 6.00. The molecule has 2 aromatic rings. The van der Waals surface area contributed by atoms with E-state index in [9.17, 15) is 4.79 Å². The molecule has 0 spiro atoms. The number of hydrogen-bond donors (Lipinski definition) is 0. The normalized spacial score (nSPS) is 14.9. The van der Waals surface area contributed by atoms with Crippen molar-refractivity contribution in [3.8, 4) is 0 Å². The molecule has 0 bridgehead atoms. The van der Waals surface area contributed by atoms with Gasteiger partial charge in [0.15, 0.2) is 5.78 Å². The van der Waals surface area contributed by atoms with E-state index in [4.69, 9.17) is 11.6 Å². The first-order valence-electron chi connectivity index (χ1n) is 8.57. The molecule has 1 atom stereocenters. The van der Waals surface area contributed by atoms with E-state index in [0.29, 0.717) is 11.4 Å². The SMILES string of the molecule is Cc1cc(Cl)ccc1C(CC(=O)C1=CN(C)CC=C1)c1ccc(Br)cc1. The minimum absolute atomic E-state index is 0.00519. The standard InChI is InChI=1S/C22H21BrClNO/c1-15-12-19(24)9-10-20(15)21(16-5-7-18(23)8-6-16)13-22(26)17-4-3-11-25(2)14-17/h3-10,12,14,21H,11,13H2,1-2H3. The van der Waals surface area contributed by atoms with Crippen molar-refractivity contribution in [1.82, 2.24) is 4.90 Å². The molecule has 1 heterocycles. The molecule has 0 fully saturated rings. The van der Waals surface area contributed by atoms with Gasteiger partial charge in [-0.1, -0.05) is 57.9 Å². The smallest absolute Gasteiger partial charge is 0.165 e. The number of benzene rings is 2. The minimum Gasteiger partial charge on any atom is -0.376 e. The van der Waals surface area contributed by atoms with Gasteiger partial charge in [-0.2, -0.15) is 0 Å². The average molecular weight is 431 g/mol. The molecule has 26 heavy (non-hydrogen) atoms. The molecule has 0 N–H and O–H groups in total. The summed E-state index contributed by atoms with van der Waals surface area (Å²) in [5, 5.41) is 0.715. The number of carbonyl (C=O) groups is 1. The van der Waals surface area contributed by atoms with Gasteiger partial charge < -0.3 is 4.90 Å². The zero-order valence-electron chi connectivity index (χ0n) is 14.9. The Balaban J connectivity index is 1.96. The van der Waals surface area contributed by atoms with E-state index in [-0.39, 0.29) is 11.7 Å². The molecule has 1 aliphatic heterocycles. The molecular formula is C22H21BrClNO. The second-order valence-electron chi connectivity index (χ2n) is 6.66. The van der Waals surface area contributed by atoms with Crippen LogP contribution >= 0.6 is 27.5 Å². The predicted molar refractivity (Wildman–Crippen MR) is 112 cm³/mol. The van der Waals surface area contributed by atoms with Crippen molar-refractivity contribution in [3.05, 3.63) is 92.6 Å². The van der Waals surface area contributed by atoms with Crippen LogP contribution in [0.5, 0.6) is 0 Å². The monoisotopic (exact) mass is 429 g/mol. The molecule has 0 radical (unpaired) electrons. The first-order chi connectivity index (χ1) is 12.4. The van der Waals surface area contributed by atoms with Gasteiger partial charge in [-0.05, 0) is 47.9 Å². The van der Waals surface area contributed by atoms with Gasteiger partial charge in [0, 0.05) is 47.2 Å². The highest BCUT2D eigenvalue weighted by Gasteiger charge is 2.22. The largest absolute Gasteiger partial charge is 0.376 e. The third kappa shape index (κ3) is 4.46. The number of likely N-dealkylation sites (N-methyl/N-ethyl adjacent to an activating group) is 1. The highest BCUT2D eigenvalue weighted by Crippen LogP contribution is 2.33. The maximum atomic E-state index is 13.0. The van der Waals surface area contributed by atoms with Crippen LogP contribution in [0.15, 0.2) is 70.9 Å². The van der Waals surface area contributed by atoms with Crippen LogP contribution in [0.4, 0.5) is 0 Å². The van der Waals surface area contributed by atoms with Gasteiger partial charge in [-0.3, -0.25) is 4.79 Å². The highest BCUT2D eigenvalue weighted by atomic mass is 79.9. The zero-order valence-corrected chi connectivity index (χ0v) is 17.2. The van der Waals surface area contributed by atoms with Crippen molar-refractivity contribution in [1.29, 1.82) is 0 Å². The minimum atomic E-state index is -0.00519. The summed E-state index contributed by atoms with van der Waals surface area (Å²) in [6.07, 6.45) is 6.30. The van der Waals surface area contributed by atoms with Crippen molar-refractivity contribution >= 4 is 33.3 Å². The lowest BCUT2D eigenvalue weighted by atomic mass is 9.83. The number of Topliss-reactive ketones (excluding diaryl/α,β-unsaturated/α-hetero) is 1. The number of rotatable bonds is 5. The number of allylic oxidation sites excluding steroid dienone is 2. The summed E-state index contributed by atoms with van der Waals surface area (Å²) in [7, 11) is 1.98. The molecule has 3 rings (SSSR count). The van der Waals surface area contributed by atoms with E-state index in [2.05, 4.69) is 28.1 Å². The van der Waals surface area contributed by atoms with Gasteiger partial charge in [0.1, 0.15) is 0 Å². The Labute approximate surface area is 168 Å². The first-order valence-corrected chi connectivity index (χ1v) is 9.74. The fourth-order valence-corrected chi connectivity index (χ4v) is 3.77. The van der Waals surface area contributed by atoms with Gasteiger partial charge in [0.05, 0.1) is 0 Å². The third-order valence-corrected chi connectivity index (χ3v) is 5.41. The summed E-state index contributed by atoms with van der Waals surface area (Å²) in [5.74, 6) is 0.143. The molecule has 2 nitrogen and oxygen atoms in total. The van der Waals surface area contributed by atoms with Crippen molar-refractivity contribution in [2.45, 2.75) is 19.3 Å². The summed E-state index contributed by atoms with van der Waals surface area (Å²) < 4.78 is 1.03. The summed E-state index contributed by atoms with van der Waals surface area (Å²) in [5.41, 5.74) is 4.12. The Morgan fingerprint density at radius 1 is 1.23 bits per heavy atom. The lowest BCUT2D eigenvalue weighted by Crippen LogP contribution is -2.18. The third-order valence-electron chi connectivity index (χ3n) is 4.64. The number of nitrogens with zero attached hydrogens (tertiary/aromatic N) is 1.